The van der Waals surface area contributed by atoms with Crippen LogP contribution in [0.15, 0.2) is 0 Å². The summed E-state index contributed by atoms with van der Waals surface area (Å²) in [5.41, 5.74) is -0.602. The van der Waals surface area contributed by atoms with E-state index in [4.69, 9.17) is 4.74 Å². The fourth-order valence-electron chi connectivity index (χ4n) is 2.86. The second-order valence-electron chi connectivity index (χ2n) is 5.68. The minimum atomic E-state index is -0.602. The Morgan fingerprint density at radius 2 is 2.17 bits per heavy atom. The topological polar surface area (TPSA) is 41.6 Å². The number of nitrogens with zero attached hydrogens (tertiary/aromatic N) is 1. The minimum Gasteiger partial charge on any atom is -0.468 e. The number of likely N-dealkylation sites (tertiary alicyclic amines) is 1. The van der Waals surface area contributed by atoms with E-state index in [9.17, 15) is 4.79 Å². The highest BCUT2D eigenvalue weighted by Gasteiger charge is 2.38. The summed E-state index contributed by atoms with van der Waals surface area (Å²) < 4.78 is 4.94. The minimum absolute atomic E-state index is 0.172. The van der Waals surface area contributed by atoms with Gasteiger partial charge in [0.05, 0.1) is 7.11 Å². The van der Waals surface area contributed by atoms with Gasteiger partial charge in [-0.1, -0.05) is 13.8 Å². The molecule has 0 bridgehead atoms. The second-order valence-corrected chi connectivity index (χ2v) is 5.68. The predicted octanol–water partition coefficient (Wildman–Crippen LogP) is 1.65. The van der Waals surface area contributed by atoms with Gasteiger partial charge in [-0.3, -0.25) is 9.69 Å². The van der Waals surface area contributed by atoms with Gasteiger partial charge in [0.2, 0.25) is 0 Å². The first kappa shape index (κ1) is 15.4. The molecule has 1 rings (SSSR count). The van der Waals surface area contributed by atoms with Crippen LogP contribution in [0.2, 0.25) is 0 Å². The van der Waals surface area contributed by atoms with E-state index in [-0.39, 0.29) is 5.97 Å². The molecule has 0 aromatic rings. The average Bonchev–Trinajstić information content (AvgIpc) is 2.34. The van der Waals surface area contributed by atoms with Crippen LogP contribution >= 0.6 is 0 Å². The number of likely N-dealkylation sites (N-methyl/N-ethyl adjacent to an activating group) is 1. The number of carbonyl (C=O) groups is 1. The summed E-state index contributed by atoms with van der Waals surface area (Å²) in [4.78, 5) is 14.4. The molecule has 4 heteroatoms. The summed E-state index contributed by atoms with van der Waals surface area (Å²) in [6, 6.07) is 0.529. The molecule has 3 unspecified atom stereocenters. The summed E-state index contributed by atoms with van der Waals surface area (Å²) in [6.45, 7) is 11.1. The largest absolute Gasteiger partial charge is 0.468 e. The van der Waals surface area contributed by atoms with Crippen molar-refractivity contribution in [1.82, 2.24) is 10.2 Å². The highest BCUT2D eigenvalue weighted by atomic mass is 16.5. The van der Waals surface area contributed by atoms with Gasteiger partial charge in [-0.15, -0.1) is 0 Å². The van der Waals surface area contributed by atoms with Crippen molar-refractivity contribution < 1.29 is 9.53 Å². The van der Waals surface area contributed by atoms with Crippen molar-refractivity contribution in [1.29, 1.82) is 0 Å². The maximum Gasteiger partial charge on any atom is 0.327 e. The van der Waals surface area contributed by atoms with E-state index in [1.54, 1.807) is 0 Å². The van der Waals surface area contributed by atoms with Gasteiger partial charge < -0.3 is 10.1 Å². The highest BCUT2D eigenvalue weighted by molar-refractivity contribution is 5.80. The standard InChI is InChI=1S/C14H28N2O2/c1-6-15-14(4,13(17)18-5)10-16-9-7-8-11(2)12(16)3/h11-12,15H,6-10H2,1-5H3. The van der Waals surface area contributed by atoms with Gasteiger partial charge in [0.15, 0.2) is 0 Å². The van der Waals surface area contributed by atoms with Crippen LogP contribution < -0.4 is 5.32 Å². The highest BCUT2D eigenvalue weighted by Crippen LogP contribution is 2.24. The monoisotopic (exact) mass is 256 g/mol. The molecular weight excluding hydrogens is 228 g/mol. The van der Waals surface area contributed by atoms with Crippen LogP contribution in [0.25, 0.3) is 0 Å². The number of piperidine rings is 1. The maximum atomic E-state index is 12.0. The molecular formula is C14H28N2O2. The maximum absolute atomic E-state index is 12.0. The number of carbonyl (C=O) groups excluding carboxylic acids is 1. The quantitative estimate of drug-likeness (QED) is 0.759. The molecule has 0 aromatic heterocycles. The molecule has 0 aromatic carbocycles. The van der Waals surface area contributed by atoms with Gasteiger partial charge in [-0.2, -0.15) is 0 Å². The third-order valence-electron chi connectivity index (χ3n) is 4.23. The number of rotatable bonds is 5. The Balaban J connectivity index is 2.73. The van der Waals surface area contributed by atoms with Gasteiger partial charge in [-0.25, -0.2) is 0 Å². The van der Waals surface area contributed by atoms with Crippen LogP contribution in [0, 0.1) is 5.92 Å². The van der Waals surface area contributed by atoms with Crippen molar-refractivity contribution in [3.8, 4) is 0 Å². The van der Waals surface area contributed by atoms with Crippen molar-refractivity contribution in [2.24, 2.45) is 5.92 Å². The Morgan fingerprint density at radius 1 is 1.50 bits per heavy atom. The van der Waals surface area contributed by atoms with Crippen LogP contribution in [0.4, 0.5) is 0 Å². The molecule has 18 heavy (non-hydrogen) atoms. The number of methoxy groups -OCH3 is 1. The molecule has 1 aliphatic heterocycles. The number of ether oxygens (including phenoxy) is 1. The lowest BCUT2D eigenvalue weighted by molar-refractivity contribution is -0.149. The number of esters is 1. The molecule has 4 nitrogen and oxygen atoms in total. The van der Waals surface area contributed by atoms with Crippen molar-refractivity contribution in [3.05, 3.63) is 0 Å². The molecule has 3 atom stereocenters. The number of nitrogens with one attached hydrogen (secondary N) is 1. The molecule has 1 heterocycles. The molecule has 0 radical (unpaired) electrons. The van der Waals surface area contributed by atoms with Crippen molar-refractivity contribution in [2.75, 3.05) is 26.7 Å². The lowest BCUT2D eigenvalue weighted by atomic mass is 9.90. The lowest BCUT2D eigenvalue weighted by Crippen LogP contribution is -2.60. The SMILES string of the molecule is CCNC(C)(CN1CCCC(C)C1C)C(=O)OC. The zero-order valence-corrected chi connectivity index (χ0v) is 12.5. The van der Waals surface area contributed by atoms with Crippen molar-refractivity contribution in [3.63, 3.8) is 0 Å². The fraction of sp³-hybridized carbons (Fsp3) is 0.929. The van der Waals surface area contributed by atoms with Gasteiger partial charge in [0, 0.05) is 12.6 Å². The first-order valence-electron chi connectivity index (χ1n) is 7.02. The number of hydrogen-bond acceptors (Lipinski definition) is 4. The summed E-state index contributed by atoms with van der Waals surface area (Å²) in [7, 11) is 1.46. The second kappa shape index (κ2) is 6.53. The van der Waals surface area contributed by atoms with E-state index in [0.29, 0.717) is 12.0 Å². The summed E-state index contributed by atoms with van der Waals surface area (Å²) >= 11 is 0. The Labute approximate surface area is 111 Å². The smallest absolute Gasteiger partial charge is 0.327 e. The van der Waals surface area contributed by atoms with Crippen LogP contribution in [0.3, 0.4) is 0 Å². The van der Waals surface area contributed by atoms with E-state index in [0.717, 1.165) is 19.6 Å². The summed E-state index contributed by atoms with van der Waals surface area (Å²) in [5.74, 6) is 0.525. The van der Waals surface area contributed by atoms with Crippen LogP contribution in [0.5, 0.6) is 0 Å². The molecule has 1 fully saturated rings. The van der Waals surface area contributed by atoms with Gasteiger partial charge in [0.1, 0.15) is 5.54 Å². The van der Waals surface area contributed by atoms with E-state index >= 15 is 0 Å². The van der Waals surface area contributed by atoms with Crippen LogP contribution in [0.1, 0.15) is 40.5 Å². The molecule has 1 aliphatic rings. The summed E-state index contributed by atoms with van der Waals surface area (Å²) in [6.07, 6.45) is 2.50. The first-order chi connectivity index (χ1) is 8.44. The first-order valence-corrected chi connectivity index (χ1v) is 7.02. The Kier molecular flexibility index (Phi) is 5.60. The molecule has 0 amide bonds. The van der Waals surface area contributed by atoms with E-state index in [2.05, 4.69) is 24.1 Å². The molecule has 1 saturated heterocycles. The Bertz CT molecular complexity index is 283. The van der Waals surface area contributed by atoms with Crippen LogP contribution in [-0.4, -0.2) is 49.2 Å². The van der Waals surface area contributed by atoms with Gasteiger partial charge in [-0.05, 0) is 45.7 Å². The molecule has 0 aliphatic carbocycles. The Hall–Kier alpha value is -0.610. The molecule has 0 saturated carbocycles. The summed E-state index contributed by atoms with van der Waals surface area (Å²) in [5, 5.41) is 3.28. The van der Waals surface area contributed by atoms with Gasteiger partial charge in [0.25, 0.3) is 0 Å². The molecule has 106 valence electrons. The lowest BCUT2D eigenvalue weighted by Gasteiger charge is -2.42. The van der Waals surface area contributed by atoms with Crippen molar-refractivity contribution in [2.45, 2.75) is 52.1 Å². The van der Waals surface area contributed by atoms with E-state index < -0.39 is 5.54 Å². The zero-order chi connectivity index (χ0) is 13.8. The fourth-order valence-corrected chi connectivity index (χ4v) is 2.86. The van der Waals surface area contributed by atoms with Gasteiger partial charge >= 0.3 is 5.97 Å². The predicted molar refractivity (Wildman–Crippen MR) is 73.5 cm³/mol. The third kappa shape index (κ3) is 3.45. The molecule has 0 spiro atoms. The van der Waals surface area contributed by atoms with Crippen molar-refractivity contribution >= 4 is 5.97 Å². The van der Waals surface area contributed by atoms with Crippen LogP contribution in [-0.2, 0) is 9.53 Å². The average molecular weight is 256 g/mol. The number of hydrogen-bond donors (Lipinski definition) is 1. The third-order valence-corrected chi connectivity index (χ3v) is 4.23. The zero-order valence-electron chi connectivity index (χ0n) is 12.5. The normalized spacial score (nSPS) is 28.7. The Morgan fingerprint density at radius 3 is 2.72 bits per heavy atom. The molecule has 1 N–H and O–H groups in total. The van der Waals surface area contributed by atoms with E-state index in [1.807, 2.05) is 13.8 Å². The van der Waals surface area contributed by atoms with E-state index in [1.165, 1.54) is 20.0 Å².